The van der Waals surface area contributed by atoms with Gasteiger partial charge in [0.15, 0.2) is 6.54 Å². The van der Waals surface area contributed by atoms with E-state index in [1.165, 1.54) is 0 Å². The van der Waals surface area contributed by atoms with Gasteiger partial charge in [-0.05, 0) is 12.1 Å². The highest BCUT2D eigenvalue weighted by atomic mass is 16.5. The van der Waals surface area contributed by atoms with Crippen molar-refractivity contribution < 1.29 is 14.0 Å². The molecule has 3 heterocycles. The minimum Gasteiger partial charge on any atom is -0.497 e. The van der Waals surface area contributed by atoms with Gasteiger partial charge in [0.05, 0.1) is 26.7 Å². The number of nitrogens with zero attached hydrogens (tertiary/aromatic N) is 2. The Bertz CT molecular complexity index is 482. The Hall–Kier alpha value is -1.59. The maximum absolute atomic E-state index is 12.3. The van der Waals surface area contributed by atoms with Crippen molar-refractivity contribution in [1.82, 2.24) is 4.90 Å². The van der Waals surface area contributed by atoms with Crippen LogP contribution in [-0.4, -0.2) is 68.2 Å². The molecule has 3 aliphatic rings. The zero-order valence-corrected chi connectivity index (χ0v) is 12.0. The molecule has 0 radical (unpaired) electrons. The number of nitrogens with one attached hydrogen (secondary N) is 1. The highest BCUT2D eigenvalue weighted by Crippen LogP contribution is 2.20. The molecular weight excluding hydrogens is 254 g/mol. The first kappa shape index (κ1) is 13.4. The Morgan fingerprint density at radius 1 is 1.30 bits per heavy atom. The number of ether oxygens (including phenoxy) is 1. The summed E-state index contributed by atoms with van der Waals surface area (Å²) in [5.41, 5.74) is 0.809. The smallest absolute Gasteiger partial charge is 0.279 e. The molecule has 4 rings (SSSR count). The number of piperazine rings is 3. The van der Waals surface area contributed by atoms with Gasteiger partial charge < -0.3 is 14.5 Å². The van der Waals surface area contributed by atoms with E-state index in [-0.39, 0.29) is 5.91 Å². The lowest BCUT2D eigenvalue weighted by molar-refractivity contribution is -0.933. The van der Waals surface area contributed by atoms with Crippen LogP contribution in [-0.2, 0) is 4.79 Å². The molecule has 0 aromatic heterocycles. The Balaban J connectivity index is 1.61. The number of methoxy groups -OCH3 is 1. The number of rotatable bonds is 4. The molecule has 1 N–H and O–H groups in total. The van der Waals surface area contributed by atoms with Gasteiger partial charge in [0.1, 0.15) is 5.75 Å². The van der Waals surface area contributed by atoms with E-state index in [0.717, 1.165) is 55.2 Å². The van der Waals surface area contributed by atoms with Crippen LogP contribution < -0.4 is 10.1 Å². The number of hydrogen-bond acceptors (Lipinski definition) is 3. The van der Waals surface area contributed by atoms with Gasteiger partial charge >= 0.3 is 0 Å². The van der Waals surface area contributed by atoms with Crippen LogP contribution in [0.2, 0.25) is 0 Å². The average molecular weight is 276 g/mol. The Labute approximate surface area is 119 Å². The normalized spacial score (nSPS) is 28.1. The first-order valence-electron chi connectivity index (χ1n) is 7.21. The minimum atomic E-state index is 0.105. The van der Waals surface area contributed by atoms with Crippen LogP contribution in [0.5, 0.6) is 5.75 Å². The van der Waals surface area contributed by atoms with Crippen LogP contribution in [0, 0.1) is 0 Å². The topological polar surface area (TPSA) is 41.6 Å². The molecule has 3 aliphatic heterocycles. The number of fused-ring (bicyclic) bond motifs is 3. The second kappa shape index (κ2) is 5.42. The fourth-order valence-electron chi connectivity index (χ4n) is 3.17. The number of carbonyl (C=O) groups is 1. The molecule has 2 bridgehead atoms. The molecule has 0 spiro atoms. The fourth-order valence-corrected chi connectivity index (χ4v) is 3.17. The van der Waals surface area contributed by atoms with Crippen molar-refractivity contribution in [3.05, 3.63) is 24.3 Å². The molecule has 0 atom stereocenters. The van der Waals surface area contributed by atoms with E-state index >= 15 is 0 Å². The van der Waals surface area contributed by atoms with Crippen molar-refractivity contribution in [2.75, 3.05) is 58.2 Å². The van der Waals surface area contributed by atoms with Gasteiger partial charge in [-0.2, -0.15) is 0 Å². The first-order chi connectivity index (χ1) is 9.69. The van der Waals surface area contributed by atoms with Crippen molar-refractivity contribution in [3.8, 4) is 5.75 Å². The standard InChI is InChI=1S/C15H21N3O2/c1-20-14-4-2-3-13(11-14)16-15(19)12-18-8-5-17(6-9-18)7-10-18/h2-4,11H,5-10,12H2,1H3/p+1. The highest BCUT2D eigenvalue weighted by Gasteiger charge is 2.39. The van der Waals surface area contributed by atoms with Gasteiger partial charge in [-0.25, -0.2) is 0 Å². The number of carbonyl (C=O) groups excluding carboxylic acids is 1. The van der Waals surface area contributed by atoms with E-state index in [9.17, 15) is 4.79 Å². The SMILES string of the molecule is COc1cccc(NC(=O)C[N+]23CCN(CC2)CC3)c1. The van der Waals surface area contributed by atoms with E-state index in [4.69, 9.17) is 4.74 Å². The van der Waals surface area contributed by atoms with Crippen LogP contribution in [0.1, 0.15) is 0 Å². The molecule has 5 heteroatoms. The second-order valence-corrected chi connectivity index (χ2v) is 5.79. The van der Waals surface area contributed by atoms with Crippen LogP contribution in [0.3, 0.4) is 0 Å². The maximum atomic E-state index is 12.3. The van der Waals surface area contributed by atoms with E-state index < -0.39 is 0 Å². The van der Waals surface area contributed by atoms with Crippen LogP contribution in [0.15, 0.2) is 24.3 Å². The summed E-state index contributed by atoms with van der Waals surface area (Å²) < 4.78 is 6.12. The summed E-state index contributed by atoms with van der Waals surface area (Å²) in [5.74, 6) is 0.870. The fraction of sp³-hybridized carbons (Fsp3) is 0.533. The second-order valence-electron chi connectivity index (χ2n) is 5.79. The Morgan fingerprint density at radius 3 is 2.65 bits per heavy atom. The predicted octanol–water partition coefficient (Wildman–Crippen LogP) is 0.780. The third kappa shape index (κ3) is 2.78. The number of benzene rings is 1. The zero-order valence-electron chi connectivity index (χ0n) is 12.0. The van der Waals surface area contributed by atoms with Crippen LogP contribution in [0.4, 0.5) is 5.69 Å². The average Bonchev–Trinajstić information content (AvgIpc) is 2.48. The van der Waals surface area contributed by atoms with E-state index in [1.54, 1.807) is 7.11 Å². The van der Waals surface area contributed by atoms with E-state index in [0.29, 0.717) is 6.54 Å². The molecule has 1 aromatic rings. The van der Waals surface area contributed by atoms with Crippen molar-refractivity contribution in [3.63, 3.8) is 0 Å². The molecular formula is C15H22N3O2+. The largest absolute Gasteiger partial charge is 0.497 e. The molecule has 108 valence electrons. The molecule has 3 saturated heterocycles. The third-order valence-corrected chi connectivity index (χ3v) is 4.50. The summed E-state index contributed by atoms with van der Waals surface area (Å²) in [6, 6.07) is 7.52. The lowest BCUT2D eigenvalue weighted by Crippen LogP contribution is -2.68. The van der Waals surface area contributed by atoms with Crippen molar-refractivity contribution in [1.29, 1.82) is 0 Å². The maximum Gasteiger partial charge on any atom is 0.279 e. The lowest BCUT2D eigenvalue weighted by atomic mass is 10.1. The summed E-state index contributed by atoms with van der Waals surface area (Å²) >= 11 is 0. The summed E-state index contributed by atoms with van der Waals surface area (Å²) in [6.07, 6.45) is 0. The summed E-state index contributed by atoms with van der Waals surface area (Å²) in [6.45, 7) is 7.29. The number of amides is 1. The van der Waals surface area contributed by atoms with Gasteiger partial charge in [-0.3, -0.25) is 9.69 Å². The molecule has 5 nitrogen and oxygen atoms in total. The number of quaternary nitrogens is 1. The van der Waals surface area contributed by atoms with Crippen LogP contribution >= 0.6 is 0 Å². The minimum absolute atomic E-state index is 0.105. The molecule has 3 fully saturated rings. The molecule has 0 unspecified atom stereocenters. The summed E-state index contributed by atoms with van der Waals surface area (Å²) in [7, 11) is 1.63. The molecule has 0 aliphatic carbocycles. The number of anilines is 1. The molecule has 1 amide bonds. The zero-order chi connectivity index (χ0) is 14.0. The third-order valence-electron chi connectivity index (χ3n) is 4.50. The highest BCUT2D eigenvalue weighted by molar-refractivity contribution is 5.91. The van der Waals surface area contributed by atoms with Gasteiger partial charge in [-0.1, -0.05) is 6.07 Å². The van der Waals surface area contributed by atoms with Crippen molar-refractivity contribution >= 4 is 11.6 Å². The van der Waals surface area contributed by atoms with Gasteiger partial charge in [0, 0.05) is 31.4 Å². The monoisotopic (exact) mass is 276 g/mol. The van der Waals surface area contributed by atoms with Gasteiger partial charge in [0.2, 0.25) is 0 Å². The lowest BCUT2D eigenvalue weighted by Gasteiger charge is -2.50. The van der Waals surface area contributed by atoms with Gasteiger partial charge in [-0.15, -0.1) is 0 Å². The number of hydrogen-bond donors (Lipinski definition) is 1. The van der Waals surface area contributed by atoms with Crippen molar-refractivity contribution in [2.24, 2.45) is 0 Å². The van der Waals surface area contributed by atoms with E-state index in [1.807, 2.05) is 24.3 Å². The quantitative estimate of drug-likeness (QED) is 0.826. The van der Waals surface area contributed by atoms with Gasteiger partial charge in [0.25, 0.3) is 5.91 Å². The molecule has 20 heavy (non-hydrogen) atoms. The molecule has 0 saturated carbocycles. The molecule has 1 aromatic carbocycles. The summed E-state index contributed by atoms with van der Waals surface area (Å²) in [5, 5.41) is 2.99. The summed E-state index contributed by atoms with van der Waals surface area (Å²) in [4.78, 5) is 14.8. The van der Waals surface area contributed by atoms with Crippen LogP contribution in [0.25, 0.3) is 0 Å². The predicted molar refractivity (Wildman–Crippen MR) is 77.8 cm³/mol. The Morgan fingerprint density at radius 2 is 2.00 bits per heavy atom. The van der Waals surface area contributed by atoms with Crippen molar-refractivity contribution in [2.45, 2.75) is 0 Å². The Kier molecular flexibility index (Phi) is 3.63. The first-order valence-corrected chi connectivity index (χ1v) is 7.21. The van der Waals surface area contributed by atoms with E-state index in [2.05, 4.69) is 10.2 Å².